The van der Waals surface area contributed by atoms with Gasteiger partial charge in [0.15, 0.2) is 17.3 Å². The third kappa shape index (κ3) is 6.77. The molecule has 3 aliphatic carbocycles. The Morgan fingerprint density at radius 1 is 1.02 bits per heavy atom. The zero-order valence-corrected chi connectivity index (χ0v) is 30.3. The molecule has 3 saturated carbocycles. The van der Waals surface area contributed by atoms with Crippen molar-refractivity contribution in [2.75, 3.05) is 45.4 Å². The standard InChI is InChI=1S/C38H54N4O8/c1-7-26-15-24-13-23(2)14-27(16-24)38(26)48-22-37(50-38)12-8-9-29(20-37)49-36(43)41-30-17-25(10-11-32(30)44-3)31(21-39)42(40)28-18-33(45-4)35(47-6)34(19-28)46-5/h10-11,17-19,21,23-24,26-27,29H,7-9,12-16,20,22,39-40H2,1-6H3,(H,41,43)/b31-21-. The minimum Gasteiger partial charge on any atom is -0.495 e. The maximum absolute atomic E-state index is 13.5. The number of rotatable bonds is 10. The molecule has 4 aliphatic rings. The van der Waals surface area contributed by atoms with Crippen molar-refractivity contribution in [2.45, 2.75) is 89.1 Å². The average molecular weight is 695 g/mol. The monoisotopic (exact) mass is 694 g/mol. The average Bonchev–Trinajstić information content (AvgIpc) is 3.47. The fraction of sp³-hybridized carbons (Fsp3) is 0.605. The third-order valence-corrected chi connectivity index (χ3v) is 11.3. The first-order chi connectivity index (χ1) is 24.1. The number of fused-ring (bicyclic) bond motifs is 3. The Labute approximate surface area is 295 Å². The Morgan fingerprint density at radius 3 is 2.42 bits per heavy atom. The van der Waals surface area contributed by atoms with Gasteiger partial charge in [0, 0.05) is 42.2 Å². The molecule has 1 aliphatic heterocycles. The molecule has 0 radical (unpaired) electrons. The molecular formula is C38H54N4O8. The van der Waals surface area contributed by atoms with Crippen LogP contribution in [0.5, 0.6) is 23.0 Å². The van der Waals surface area contributed by atoms with Crippen molar-refractivity contribution in [3.05, 3.63) is 42.1 Å². The van der Waals surface area contributed by atoms with Gasteiger partial charge in [-0.1, -0.05) is 13.8 Å². The molecule has 4 fully saturated rings. The maximum Gasteiger partial charge on any atom is 0.412 e. The minimum absolute atomic E-state index is 0.308. The van der Waals surface area contributed by atoms with E-state index in [1.165, 1.54) is 51.8 Å². The molecule has 2 spiro atoms. The van der Waals surface area contributed by atoms with Crippen molar-refractivity contribution in [2.24, 2.45) is 35.2 Å². The van der Waals surface area contributed by atoms with Crippen LogP contribution < -0.4 is 40.8 Å². The number of hydrazine groups is 1. The van der Waals surface area contributed by atoms with Crippen molar-refractivity contribution < 1.29 is 38.0 Å². The molecule has 7 atom stereocenters. The summed E-state index contributed by atoms with van der Waals surface area (Å²) >= 11 is 0. The van der Waals surface area contributed by atoms with Gasteiger partial charge in [-0.3, -0.25) is 10.3 Å². The van der Waals surface area contributed by atoms with Crippen molar-refractivity contribution in [3.63, 3.8) is 0 Å². The summed E-state index contributed by atoms with van der Waals surface area (Å²) in [7, 11) is 6.13. The van der Waals surface area contributed by atoms with Crippen LogP contribution in [-0.4, -0.2) is 58.6 Å². The van der Waals surface area contributed by atoms with E-state index < -0.39 is 17.5 Å². The van der Waals surface area contributed by atoms with Crippen LogP contribution in [0, 0.1) is 23.7 Å². The fourth-order valence-electron chi connectivity index (χ4n) is 9.17. The van der Waals surface area contributed by atoms with Gasteiger partial charge in [0.05, 0.1) is 57.7 Å². The van der Waals surface area contributed by atoms with Gasteiger partial charge in [0.25, 0.3) is 0 Å². The Kier molecular flexibility index (Phi) is 10.6. The third-order valence-electron chi connectivity index (χ3n) is 11.3. The lowest BCUT2D eigenvalue weighted by Crippen LogP contribution is -2.55. The van der Waals surface area contributed by atoms with Crippen LogP contribution in [0.3, 0.4) is 0 Å². The molecule has 12 heteroatoms. The smallest absolute Gasteiger partial charge is 0.412 e. The van der Waals surface area contributed by atoms with Gasteiger partial charge in [-0.2, -0.15) is 0 Å². The molecule has 7 unspecified atom stereocenters. The first-order valence-corrected chi connectivity index (χ1v) is 17.9. The van der Waals surface area contributed by atoms with Crippen molar-refractivity contribution in [3.8, 4) is 23.0 Å². The van der Waals surface area contributed by atoms with Crippen LogP contribution in [0.15, 0.2) is 36.5 Å². The van der Waals surface area contributed by atoms with Crippen molar-refractivity contribution >= 4 is 23.2 Å². The minimum atomic E-state index is -0.573. The second-order valence-corrected chi connectivity index (χ2v) is 14.5. The van der Waals surface area contributed by atoms with Crippen LogP contribution in [-0.2, 0) is 14.2 Å². The molecule has 0 aromatic heterocycles. The molecule has 12 nitrogen and oxygen atoms in total. The highest BCUT2D eigenvalue weighted by Crippen LogP contribution is 2.58. The normalized spacial score (nSPS) is 30.5. The Morgan fingerprint density at radius 2 is 1.76 bits per heavy atom. The first-order valence-electron chi connectivity index (χ1n) is 17.9. The van der Waals surface area contributed by atoms with Gasteiger partial charge in [-0.25, -0.2) is 10.6 Å². The van der Waals surface area contributed by atoms with Crippen LogP contribution >= 0.6 is 0 Å². The second-order valence-electron chi connectivity index (χ2n) is 14.5. The summed E-state index contributed by atoms with van der Waals surface area (Å²) in [6.45, 7) is 5.18. The second kappa shape index (κ2) is 14.8. The number of hydrogen-bond donors (Lipinski definition) is 3. The molecule has 5 N–H and O–H groups in total. The molecule has 2 aromatic rings. The highest BCUT2D eigenvalue weighted by atomic mass is 16.8. The molecule has 2 aromatic carbocycles. The van der Waals surface area contributed by atoms with Crippen LogP contribution in [0.4, 0.5) is 16.2 Å². The van der Waals surface area contributed by atoms with Crippen LogP contribution in [0.1, 0.15) is 77.2 Å². The SMILES string of the molecule is CCC1CC2CC(C)CC(C2)C12OCC1(CCCC(OC(=O)Nc3cc(/C(=C/N)N(N)c4cc(OC)c(OC)c(OC)c4)ccc3OC)C1)O2. The lowest BCUT2D eigenvalue weighted by Gasteiger charge is -2.53. The quantitative estimate of drug-likeness (QED) is 0.178. The van der Waals surface area contributed by atoms with E-state index in [9.17, 15) is 4.79 Å². The Balaban J connectivity index is 1.15. The molecular weight excluding hydrogens is 640 g/mol. The van der Waals surface area contributed by atoms with E-state index in [2.05, 4.69) is 19.2 Å². The molecule has 274 valence electrons. The van der Waals surface area contributed by atoms with E-state index in [1.54, 1.807) is 37.4 Å². The lowest BCUT2D eigenvalue weighted by atomic mass is 9.61. The topological polar surface area (TPSA) is 149 Å². The number of nitrogens with one attached hydrogen (secondary N) is 1. The molecule has 1 saturated heterocycles. The number of methoxy groups -OCH3 is 4. The number of carbonyl (C=O) groups is 1. The molecule has 1 heterocycles. The number of anilines is 2. The number of nitrogens with zero attached hydrogens (tertiary/aromatic N) is 1. The van der Waals surface area contributed by atoms with E-state index in [1.807, 2.05) is 0 Å². The summed E-state index contributed by atoms with van der Waals surface area (Å²) < 4.78 is 42.1. The molecule has 6 rings (SSSR count). The lowest BCUT2D eigenvalue weighted by molar-refractivity contribution is -0.286. The van der Waals surface area contributed by atoms with Gasteiger partial charge in [0.2, 0.25) is 5.75 Å². The van der Waals surface area contributed by atoms with E-state index >= 15 is 0 Å². The largest absolute Gasteiger partial charge is 0.495 e. The highest BCUT2D eigenvalue weighted by Gasteiger charge is 2.62. The Hall–Kier alpha value is -3.87. The van der Waals surface area contributed by atoms with Crippen LogP contribution in [0.25, 0.3) is 5.70 Å². The summed E-state index contributed by atoms with van der Waals surface area (Å²) in [5.41, 5.74) is 7.68. The number of carbonyl (C=O) groups excluding carboxylic acids is 1. The highest BCUT2D eigenvalue weighted by molar-refractivity contribution is 5.89. The van der Waals surface area contributed by atoms with Gasteiger partial charge < -0.3 is 38.9 Å². The first kappa shape index (κ1) is 35.9. The van der Waals surface area contributed by atoms with Crippen molar-refractivity contribution in [1.29, 1.82) is 0 Å². The molecule has 2 bridgehead atoms. The predicted octanol–water partition coefficient (Wildman–Crippen LogP) is 6.81. The summed E-state index contributed by atoms with van der Waals surface area (Å²) in [5.74, 6) is 10.1. The summed E-state index contributed by atoms with van der Waals surface area (Å²) in [6, 6.07) is 8.70. The maximum atomic E-state index is 13.5. The predicted molar refractivity (Wildman–Crippen MR) is 191 cm³/mol. The van der Waals surface area contributed by atoms with Crippen molar-refractivity contribution in [1.82, 2.24) is 0 Å². The number of nitrogens with two attached hydrogens (primary N) is 2. The Bertz CT molecular complexity index is 1540. The van der Waals surface area contributed by atoms with Gasteiger partial charge in [-0.05, 0) is 81.4 Å². The van der Waals surface area contributed by atoms with Crippen LogP contribution in [0.2, 0.25) is 0 Å². The zero-order chi connectivity index (χ0) is 35.6. The van der Waals surface area contributed by atoms with E-state index in [-0.39, 0.29) is 6.10 Å². The van der Waals surface area contributed by atoms with Gasteiger partial charge >= 0.3 is 6.09 Å². The summed E-state index contributed by atoms with van der Waals surface area (Å²) in [5, 5.41) is 4.30. The zero-order valence-electron chi connectivity index (χ0n) is 30.3. The summed E-state index contributed by atoms with van der Waals surface area (Å²) in [6.07, 6.45) is 9.55. The summed E-state index contributed by atoms with van der Waals surface area (Å²) in [4.78, 5) is 13.5. The van der Waals surface area contributed by atoms with E-state index in [4.69, 9.17) is 44.7 Å². The van der Waals surface area contributed by atoms with Gasteiger partial charge in [-0.15, -0.1) is 0 Å². The number of amides is 1. The van der Waals surface area contributed by atoms with E-state index in [0.717, 1.165) is 38.0 Å². The number of hydrogen-bond acceptors (Lipinski definition) is 11. The number of ether oxygens (including phenoxy) is 7. The molecule has 1 amide bonds. The van der Waals surface area contributed by atoms with E-state index in [0.29, 0.717) is 76.4 Å². The number of benzene rings is 2. The fourth-order valence-corrected chi connectivity index (χ4v) is 9.17. The van der Waals surface area contributed by atoms with Gasteiger partial charge in [0.1, 0.15) is 11.9 Å². The molecule has 50 heavy (non-hydrogen) atoms.